The lowest BCUT2D eigenvalue weighted by molar-refractivity contribution is -0.137. The number of halogens is 1. The highest BCUT2D eigenvalue weighted by molar-refractivity contribution is 5.93. The van der Waals surface area contributed by atoms with E-state index in [2.05, 4.69) is 10.4 Å². The van der Waals surface area contributed by atoms with E-state index in [4.69, 9.17) is 9.47 Å². The number of methoxy groups -OCH3 is 1. The van der Waals surface area contributed by atoms with Crippen molar-refractivity contribution in [2.75, 3.05) is 13.7 Å². The molecule has 9 nitrogen and oxygen atoms in total. The summed E-state index contributed by atoms with van der Waals surface area (Å²) in [7, 11) is 1.54. The normalized spacial score (nSPS) is 13.0. The number of amides is 1. The molecule has 3 aromatic rings. The number of aryl methyl sites for hydroxylation is 1. The van der Waals surface area contributed by atoms with Crippen LogP contribution in [0.15, 0.2) is 48.5 Å². The number of aliphatic carboxylic acids is 1. The number of carboxylic acid groups (broad SMARTS) is 1. The summed E-state index contributed by atoms with van der Waals surface area (Å²) in [5.74, 6) is -1.67. The average molecular weight is 528 g/mol. The number of rotatable bonds is 11. The molecule has 1 amide bonds. The quantitative estimate of drug-likeness (QED) is 0.340. The van der Waals surface area contributed by atoms with Gasteiger partial charge in [-0.1, -0.05) is 45.9 Å². The van der Waals surface area contributed by atoms with Gasteiger partial charge in [0.25, 0.3) is 5.91 Å². The van der Waals surface area contributed by atoms with Gasteiger partial charge in [0.1, 0.15) is 23.9 Å². The Balaban J connectivity index is 1.97. The van der Waals surface area contributed by atoms with Gasteiger partial charge in [-0.2, -0.15) is 9.78 Å². The number of carbonyl (C=O) groups is 2. The maximum Gasteiger partial charge on any atom is 0.305 e. The molecule has 3 N–H and O–H groups in total. The van der Waals surface area contributed by atoms with Crippen LogP contribution in [0.25, 0.3) is 5.69 Å². The summed E-state index contributed by atoms with van der Waals surface area (Å²) in [6.07, 6.45) is -0.611. The van der Waals surface area contributed by atoms with Crippen molar-refractivity contribution in [1.82, 2.24) is 15.1 Å². The third-order valence-electron chi connectivity index (χ3n) is 6.17. The number of benzene rings is 2. The van der Waals surface area contributed by atoms with E-state index in [1.54, 1.807) is 24.3 Å². The molecule has 2 aromatic carbocycles. The Morgan fingerprint density at radius 1 is 1.16 bits per heavy atom. The minimum Gasteiger partial charge on any atom is -0.497 e. The first kappa shape index (κ1) is 28.6. The van der Waals surface area contributed by atoms with Crippen LogP contribution in [0.3, 0.4) is 0 Å². The molecule has 0 fully saturated rings. The lowest BCUT2D eigenvalue weighted by atomic mass is 9.90. The van der Waals surface area contributed by atoms with Gasteiger partial charge in [0.2, 0.25) is 5.88 Å². The number of nitrogens with zero attached hydrogens (tertiary/aromatic N) is 2. The number of carboxylic acids is 1. The van der Waals surface area contributed by atoms with Crippen molar-refractivity contribution >= 4 is 11.9 Å². The highest BCUT2D eigenvalue weighted by Gasteiger charge is 2.27. The smallest absolute Gasteiger partial charge is 0.305 e. The minimum atomic E-state index is -1.09. The molecule has 0 saturated heterocycles. The Kier molecular flexibility index (Phi) is 9.11. The zero-order chi connectivity index (χ0) is 28.0. The molecule has 0 aliphatic heterocycles. The van der Waals surface area contributed by atoms with Gasteiger partial charge in [0.15, 0.2) is 5.69 Å². The topological polar surface area (TPSA) is 123 Å². The summed E-state index contributed by atoms with van der Waals surface area (Å²) >= 11 is 0. The predicted octanol–water partition coefficient (Wildman–Crippen LogP) is 4.31. The van der Waals surface area contributed by atoms with Crippen molar-refractivity contribution in [1.29, 1.82) is 0 Å². The fourth-order valence-corrected chi connectivity index (χ4v) is 3.79. The Labute approximate surface area is 221 Å². The molecule has 0 spiro atoms. The molecule has 0 aliphatic rings. The van der Waals surface area contributed by atoms with E-state index in [1.165, 1.54) is 31.4 Å². The summed E-state index contributed by atoms with van der Waals surface area (Å²) < 4.78 is 26.8. The standard InChI is InChI=1S/C28H34FN3O6/c1-6-17-13-18(37-5)11-12-19(17)21(15-26(34)35)30-27(36)22-14-25(38-16-24(33)28(2,3)4)32(31-22)23-10-8-7-9-20(23)29/h7-14,21,24,33H,6,15-16H2,1-5H3,(H,30,36)(H,34,35)/t21-,24+/m0/s1. The molecular formula is C28H34FN3O6. The fourth-order valence-electron chi connectivity index (χ4n) is 3.79. The monoisotopic (exact) mass is 527 g/mol. The van der Waals surface area contributed by atoms with Gasteiger partial charge in [-0.25, -0.2) is 4.39 Å². The molecule has 0 unspecified atom stereocenters. The van der Waals surface area contributed by atoms with Crippen molar-refractivity contribution in [3.63, 3.8) is 0 Å². The van der Waals surface area contributed by atoms with Crippen LogP contribution in [0.4, 0.5) is 4.39 Å². The van der Waals surface area contributed by atoms with Gasteiger partial charge >= 0.3 is 5.97 Å². The Bertz CT molecular complexity index is 1280. The fraction of sp³-hybridized carbons (Fsp3) is 0.393. The molecule has 10 heteroatoms. The average Bonchev–Trinajstić information content (AvgIpc) is 3.30. The molecule has 0 radical (unpaired) electrons. The zero-order valence-electron chi connectivity index (χ0n) is 22.2. The number of hydrogen-bond donors (Lipinski definition) is 3. The van der Waals surface area contributed by atoms with Crippen molar-refractivity contribution < 1.29 is 33.7 Å². The second-order valence-corrected chi connectivity index (χ2v) is 9.97. The van der Waals surface area contributed by atoms with Crippen LogP contribution >= 0.6 is 0 Å². The first-order valence-electron chi connectivity index (χ1n) is 12.3. The number of aromatic nitrogens is 2. The molecule has 3 rings (SSSR count). The summed E-state index contributed by atoms with van der Waals surface area (Å²) in [6.45, 7) is 7.35. The number of carbonyl (C=O) groups excluding carboxylic acids is 1. The molecule has 38 heavy (non-hydrogen) atoms. The maximum absolute atomic E-state index is 14.6. The zero-order valence-corrected chi connectivity index (χ0v) is 22.2. The molecule has 2 atom stereocenters. The van der Waals surface area contributed by atoms with Crippen LogP contribution in [0.1, 0.15) is 61.8 Å². The molecular weight excluding hydrogens is 493 g/mol. The van der Waals surface area contributed by atoms with E-state index < -0.39 is 35.3 Å². The number of hydrogen-bond acceptors (Lipinski definition) is 6. The van der Waals surface area contributed by atoms with Gasteiger partial charge in [-0.05, 0) is 47.2 Å². The van der Waals surface area contributed by atoms with E-state index in [0.29, 0.717) is 17.7 Å². The predicted molar refractivity (Wildman–Crippen MR) is 139 cm³/mol. The molecule has 0 aliphatic carbocycles. The Morgan fingerprint density at radius 2 is 1.87 bits per heavy atom. The van der Waals surface area contributed by atoms with E-state index >= 15 is 0 Å². The minimum absolute atomic E-state index is 0.0528. The van der Waals surface area contributed by atoms with Crippen LogP contribution in [-0.4, -0.2) is 51.7 Å². The summed E-state index contributed by atoms with van der Waals surface area (Å²) in [5, 5.41) is 27.0. The van der Waals surface area contributed by atoms with E-state index in [1.807, 2.05) is 27.7 Å². The van der Waals surface area contributed by atoms with Crippen molar-refractivity contribution in [2.24, 2.45) is 5.41 Å². The molecule has 0 saturated carbocycles. The number of aliphatic hydroxyl groups is 1. The summed E-state index contributed by atoms with van der Waals surface area (Å²) in [5.41, 5.74) is 0.950. The van der Waals surface area contributed by atoms with Crippen LogP contribution in [-0.2, 0) is 11.2 Å². The van der Waals surface area contributed by atoms with Gasteiger partial charge in [-0.15, -0.1) is 0 Å². The molecule has 1 aromatic heterocycles. The van der Waals surface area contributed by atoms with E-state index in [9.17, 15) is 24.2 Å². The summed E-state index contributed by atoms with van der Waals surface area (Å²) in [6, 6.07) is 11.6. The van der Waals surface area contributed by atoms with E-state index in [0.717, 1.165) is 10.2 Å². The van der Waals surface area contributed by atoms with Crippen LogP contribution in [0.5, 0.6) is 11.6 Å². The van der Waals surface area contributed by atoms with Gasteiger partial charge in [-0.3, -0.25) is 9.59 Å². The van der Waals surface area contributed by atoms with E-state index in [-0.39, 0.29) is 30.3 Å². The molecule has 0 bridgehead atoms. The first-order valence-corrected chi connectivity index (χ1v) is 12.3. The Hall–Kier alpha value is -3.92. The maximum atomic E-state index is 14.6. The first-order chi connectivity index (χ1) is 17.9. The number of para-hydroxylation sites is 1. The number of ether oxygens (including phenoxy) is 2. The number of nitrogens with one attached hydrogen (secondary N) is 1. The largest absolute Gasteiger partial charge is 0.497 e. The van der Waals surface area contributed by atoms with Gasteiger partial charge in [0, 0.05) is 6.07 Å². The van der Waals surface area contributed by atoms with Crippen LogP contribution in [0, 0.1) is 11.2 Å². The highest BCUT2D eigenvalue weighted by Crippen LogP contribution is 2.28. The van der Waals surface area contributed by atoms with Crippen LogP contribution < -0.4 is 14.8 Å². The second kappa shape index (κ2) is 12.1. The van der Waals surface area contributed by atoms with Gasteiger partial charge in [0.05, 0.1) is 25.7 Å². The molecule has 1 heterocycles. The third kappa shape index (κ3) is 6.89. The van der Waals surface area contributed by atoms with Crippen molar-refractivity contribution in [3.8, 4) is 17.3 Å². The lowest BCUT2D eigenvalue weighted by Crippen LogP contribution is -2.32. The summed E-state index contributed by atoms with van der Waals surface area (Å²) in [4.78, 5) is 25.0. The number of aliphatic hydroxyl groups excluding tert-OH is 1. The SMILES string of the molecule is CCc1cc(OC)ccc1[C@H](CC(=O)O)NC(=O)c1cc(OC[C@@H](O)C(C)(C)C)n(-c2ccccc2F)n1. The highest BCUT2D eigenvalue weighted by atomic mass is 19.1. The van der Waals surface area contributed by atoms with Crippen LogP contribution in [0.2, 0.25) is 0 Å². The van der Waals surface area contributed by atoms with Crippen molar-refractivity contribution in [3.05, 3.63) is 71.2 Å². The Morgan fingerprint density at radius 3 is 2.47 bits per heavy atom. The second-order valence-electron chi connectivity index (χ2n) is 9.97. The van der Waals surface area contributed by atoms with Crippen molar-refractivity contribution in [2.45, 2.75) is 52.7 Å². The third-order valence-corrected chi connectivity index (χ3v) is 6.17. The molecule has 204 valence electrons. The lowest BCUT2D eigenvalue weighted by Gasteiger charge is -2.25. The van der Waals surface area contributed by atoms with Gasteiger partial charge < -0.3 is 25.0 Å².